The SMILES string of the molecule is Cc1cc(-c2noc(-c3c(C)cccc3F)n2)c(C)c(C(=O)O)c1C. The largest absolute Gasteiger partial charge is 0.478 e. The second-order valence-electron chi connectivity index (χ2n) is 6.03. The third-order valence-corrected chi connectivity index (χ3v) is 4.42. The van der Waals surface area contributed by atoms with Crippen LogP contribution in [0.2, 0.25) is 0 Å². The Morgan fingerprint density at radius 2 is 1.84 bits per heavy atom. The van der Waals surface area contributed by atoms with Gasteiger partial charge in [0.15, 0.2) is 0 Å². The highest BCUT2D eigenvalue weighted by Crippen LogP contribution is 2.31. The Kier molecular flexibility index (Phi) is 4.12. The lowest BCUT2D eigenvalue weighted by Gasteiger charge is -2.12. The molecule has 0 saturated heterocycles. The topological polar surface area (TPSA) is 76.2 Å². The van der Waals surface area contributed by atoms with E-state index in [9.17, 15) is 14.3 Å². The van der Waals surface area contributed by atoms with Crippen LogP contribution in [0.4, 0.5) is 4.39 Å². The third-order valence-electron chi connectivity index (χ3n) is 4.42. The van der Waals surface area contributed by atoms with Crippen LogP contribution in [0.1, 0.15) is 32.6 Å². The lowest BCUT2D eigenvalue weighted by molar-refractivity contribution is 0.0695. The zero-order chi connectivity index (χ0) is 18.3. The molecule has 2 aromatic carbocycles. The van der Waals surface area contributed by atoms with Gasteiger partial charge in [0.25, 0.3) is 5.89 Å². The smallest absolute Gasteiger partial charge is 0.336 e. The summed E-state index contributed by atoms with van der Waals surface area (Å²) in [5.74, 6) is -1.15. The van der Waals surface area contributed by atoms with E-state index in [0.717, 1.165) is 5.56 Å². The summed E-state index contributed by atoms with van der Waals surface area (Å²) < 4.78 is 19.4. The lowest BCUT2D eigenvalue weighted by atomic mass is 9.93. The molecule has 0 saturated carbocycles. The molecule has 0 radical (unpaired) electrons. The van der Waals surface area contributed by atoms with Crippen molar-refractivity contribution in [1.29, 1.82) is 0 Å². The first-order valence-corrected chi connectivity index (χ1v) is 7.75. The van der Waals surface area contributed by atoms with Crippen molar-refractivity contribution in [2.45, 2.75) is 27.7 Å². The van der Waals surface area contributed by atoms with Crippen LogP contribution in [0.3, 0.4) is 0 Å². The number of aromatic nitrogens is 2. The summed E-state index contributed by atoms with van der Waals surface area (Å²) in [6.45, 7) is 7.05. The molecule has 0 fully saturated rings. The minimum atomic E-state index is -1.01. The summed E-state index contributed by atoms with van der Waals surface area (Å²) in [6.07, 6.45) is 0. The number of benzene rings is 2. The number of carboxylic acids is 1. The maximum Gasteiger partial charge on any atom is 0.336 e. The summed E-state index contributed by atoms with van der Waals surface area (Å²) in [7, 11) is 0. The molecule has 0 atom stereocenters. The first kappa shape index (κ1) is 16.8. The monoisotopic (exact) mass is 340 g/mol. The summed E-state index contributed by atoms with van der Waals surface area (Å²) in [5, 5.41) is 13.4. The summed E-state index contributed by atoms with van der Waals surface area (Å²) >= 11 is 0. The van der Waals surface area contributed by atoms with E-state index in [-0.39, 0.29) is 22.8 Å². The molecule has 0 spiro atoms. The minimum absolute atomic E-state index is 0.0695. The Labute approximate surface area is 144 Å². The van der Waals surface area contributed by atoms with Crippen molar-refractivity contribution in [2.24, 2.45) is 0 Å². The van der Waals surface area contributed by atoms with Crippen LogP contribution in [-0.4, -0.2) is 21.2 Å². The van der Waals surface area contributed by atoms with E-state index in [1.807, 2.05) is 13.0 Å². The molecular weight excluding hydrogens is 323 g/mol. The minimum Gasteiger partial charge on any atom is -0.478 e. The van der Waals surface area contributed by atoms with Crippen LogP contribution in [0, 0.1) is 33.5 Å². The van der Waals surface area contributed by atoms with Crippen molar-refractivity contribution in [3.8, 4) is 22.8 Å². The van der Waals surface area contributed by atoms with Gasteiger partial charge in [-0.1, -0.05) is 17.3 Å². The maximum absolute atomic E-state index is 14.1. The van der Waals surface area contributed by atoms with Crippen LogP contribution in [-0.2, 0) is 0 Å². The van der Waals surface area contributed by atoms with Gasteiger partial charge in [0, 0.05) is 5.56 Å². The third kappa shape index (κ3) is 2.80. The van der Waals surface area contributed by atoms with Crippen molar-refractivity contribution in [3.63, 3.8) is 0 Å². The number of carbonyl (C=O) groups is 1. The Morgan fingerprint density at radius 3 is 2.48 bits per heavy atom. The van der Waals surface area contributed by atoms with Crippen LogP contribution in [0.15, 0.2) is 28.8 Å². The predicted octanol–water partition coefficient (Wildman–Crippen LogP) is 4.47. The van der Waals surface area contributed by atoms with Crippen LogP contribution in [0.25, 0.3) is 22.8 Å². The van der Waals surface area contributed by atoms with E-state index in [1.165, 1.54) is 6.07 Å². The molecule has 0 aliphatic heterocycles. The number of nitrogens with zero attached hydrogens (tertiary/aromatic N) is 2. The zero-order valence-corrected chi connectivity index (χ0v) is 14.3. The fraction of sp³-hybridized carbons (Fsp3) is 0.211. The van der Waals surface area contributed by atoms with E-state index in [4.69, 9.17) is 4.52 Å². The standard InChI is InChI=1S/C19H17FN2O3/c1-9-6-5-7-14(20)15(9)18-21-17(22-25-18)13-8-10(2)11(3)16(12(13)4)19(23)24/h5-8H,1-4H3,(H,23,24). The van der Waals surface area contributed by atoms with Crippen LogP contribution in [0.5, 0.6) is 0 Å². The highest BCUT2D eigenvalue weighted by molar-refractivity contribution is 5.93. The van der Waals surface area contributed by atoms with Crippen molar-refractivity contribution in [3.05, 3.63) is 57.9 Å². The highest BCUT2D eigenvalue weighted by atomic mass is 19.1. The molecule has 3 aromatic rings. The fourth-order valence-corrected chi connectivity index (χ4v) is 2.94. The van der Waals surface area contributed by atoms with Gasteiger partial charge in [-0.05, 0) is 62.1 Å². The first-order chi connectivity index (χ1) is 11.8. The molecule has 3 rings (SSSR count). The normalized spacial score (nSPS) is 10.9. The molecule has 6 heteroatoms. The van der Waals surface area contributed by atoms with Crippen molar-refractivity contribution >= 4 is 5.97 Å². The molecular formula is C19H17FN2O3. The van der Waals surface area contributed by atoms with Gasteiger partial charge < -0.3 is 9.63 Å². The fourth-order valence-electron chi connectivity index (χ4n) is 2.94. The average molecular weight is 340 g/mol. The van der Waals surface area contributed by atoms with Gasteiger partial charge in [0.05, 0.1) is 11.1 Å². The van der Waals surface area contributed by atoms with Gasteiger partial charge in [-0.15, -0.1) is 0 Å². The first-order valence-electron chi connectivity index (χ1n) is 7.75. The second kappa shape index (κ2) is 6.12. The van der Waals surface area contributed by atoms with E-state index in [0.29, 0.717) is 22.3 Å². The summed E-state index contributed by atoms with van der Waals surface area (Å²) in [4.78, 5) is 15.9. The molecule has 0 amide bonds. The highest BCUT2D eigenvalue weighted by Gasteiger charge is 2.21. The summed E-state index contributed by atoms with van der Waals surface area (Å²) in [6, 6.07) is 6.51. The molecule has 128 valence electrons. The van der Waals surface area contributed by atoms with Crippen molar-refractivity contribution < 1.29 is 18.8 Å². The van der Waals surface area contributed by atoms with Gasteiger partial charge in [0.2, 0.25) is 5.82 Å². The predicted molar refractivity (Wildman–Crippen MR) is 91.0 cm³/mol. The van der Waals surface area contributed by atoms with E-state index in [2.05, 4.69) is 10.1 Å². The van der Waals surface area contributed by atoms with E-state index in [1.54, 1.807) is 32.9 Å². The maximum atomic E-state index is 14.1. The van der Waals surface area contributed by atoms with Crippen LogP contribution >= 0.6 is 0 Å². The van der Waals surface area contributed by atoms with E-state index >= 15 is 0 Å². The van der Waals surface area contributed by atoms with Gasteiger partial charge in [0.1, 0.15) is 5.82 Å². The average Bonchev–Trinajstić information content (AvgIpc) is 3.00. The number of hydrogen-bond donors (Lipinski definition) is 1. The number of aromatic carboxylic acids is 1. The Balaban J connectivity index is 2.17. The van der Waals surface area contributed by atoms with E-state index < -0.39 is 11.8 Å². The molecule has 5 nitrogen and oxygen atoms in total. The van der Waals surface area contributed by atoms with Crippen molar-refractivity contribution in [2.75, 3.05) is 0 Å². The van der Waals surface area contributed by atoms with Crippen LogP contribution < -0.4 is 0 Å². The number of aryl methyl sites for hydroxylation is 2. The Hall–Kier alpha value is -3.02. The van der Waals surface area contributed by atoms with Gasteiger partial charge in [-0.2, -0.15) is 4.98 Å². The molecule has 0 aliphatic rings. The zero-order valence-electron chi connectivity index (χ0n) is 14.3. The van der Waals surface area contributed by atoms with Gasteiger partial charge >= 0.3 is 5.97 Å². The molecule has 1 aromatic heterocycles. The Morgan fingerprint density at radius 1 is 1.12 bits per heavy atom. The van der Waals surface area contributed by atoms with Crippen molar-refractivity contribution in [1.82, 2.24) is 10.1 Å². The quantitative estimate of drug-likeness (QED) is 0.761. The molecule has 0 aliphatic carbocycles. The number of hydrogen-bond acceptors (Lipinski definition) is 4. The molecule has 1 N–H and O–H groups in total. The second-order valence-corrected chi connectivity index (χ2v) is 6.03. The lowest BCUT2D eigenvalue weighted by Crippen LogP contribution is -2.06. The molecule has 1 heterocycles. The van der Waals surface area contributed by atoms with Gasteiger partial charge in [-0.25, -0.2) is 9.18 Å². The number of rotatable bonds is 3. The molecule has 0 bridgehead atoms. The number of halogens is 1. The number of carboxylic acid groups (broad SMARTS) is 1. The summed E-state index contributed by atoms with van der Waals surface area (Å²) in [5.41, 5.74) is 3.77. The molecule has 25 heavy (non-hydrogen) atoms. The molecule has 0 unspecified atom stereocenters. The Bertz CT molecular complexity index is 972. The van der Waals surface area contributed by atoms with Gasteiger partial charge in [-0.3, -0.25) is 0 Å².